The van der Waals surface area contributed by atoms with Crippen LogP contribution in [0.1, 0.15) is 89.7 Å². The standard InChI is InChI=1S/C44H62N4O10.CH4/c1-28(2)22-36(42(53)54)57-43(55)44(5,6)27-45-41(52)34(24-32-14-17-35(56-7)30(4)23-32)46-37(49)11-9-8-10-29(3)39-40(58-39)33-15-12-31(13-16-33)25-47-18-20-48(21-19-47)26-38(50)51;/h9,11-17,23,28-29,34,36,39-40H,8,10,18-22,24-27H2,1-7H3,(H,45,52)(H,46,49)(H,50,51)(H,53,54);1H4/b11-9+;/t29-,34+,36-,39?,40?;/m0./s1. The van der Waals surface area contributed by atoms with E-state index in [1.54, 1.807) is 33.1 Å². The van der Waals surface area contributed by atoms with Gasteiger partial charge < -0.3 is 35.1 Å². The fourth-order valence-electron chi connectivity index (χ4n) is 7.06. The van der Waals surface area contributed by atoms with Crippen LogP contribution in [0.25, 0.3) is 0 Å². The van der Waals surface area contributed by atoms with Crippen molar-refractivity contribution in [2.45, 2.75) is 106 Å². The van der Waals surface area contributed by atoms with E-state index in [4.69, 9.17) is 19.3 Å². The Kier molecular flexibility index (Phi) is 18.6. The Morgan fingerprint density at radius 2 is 1.61 bits per heavy atom. The summed E-state index contributed by atoms with van der Waals surface area (Å²) in [4.78, 5) is 66.7. The molecular formula is C45H66N4O10. The van der Waals surface area contributed by atoms with Crippen LogP contribution in [0.15, 0.2) is 54.6 Å². The van der Waals surface area contributed by atoms with Crippen LogP contribution in [0.3, 0.4) is 0 Å². The quantitative estimate of drug-likeness (QED) is 0.0695. The van der Waals surface area contributed by atoms with Gasteiger partial charge in [-0.1, -0.05) is 70.7 Å². The number of amides is 2. The second-order valence-corrected chi connectivity index (χ2v) is 16.7. The normalized spacial score (nSPS) is 18.6. The maximum atomic E-state index is 13.6. The van der Waals surface area contributed by atoms with Gasteiger partial charge in [0.05, 0.1) is 25.2 Å². The van der Waals surface area contributed by atoms with Gasteiger partial charge in [-0.3, -0.25) is 29.0 Å². The average molecular weight is 823 g/mol. The van der Waals surface area contributed by atoms with E-state index in [2.05, 4.69) is 46.7 Å². The van der Waals surface area contributed by atoms with Gasteiger partial charge in [0.25, 0.3) is 0 Å². The molecule has 0 saturated carbocycles. The van der Waals surface area contributed by atoms with Crippen molar-refractivity contribution in [3.05, 3.63) is 76.9 Å². The Balaban J connectivity index is 0.00000930. The number of nitrogens with one attached hydrogen (secondary N) is 2. The number of carboxylic acid groups (broad SMARTS) is 2. The lowest BCUT2D eigenvalue weighted by atomic mass is 9.93. The highest BCUT2D eigenvalue weighted by atomic mass is 16.6. The third-order valence-electron chi connectivity index (χ3n) is 10.7. The molecule has 0 aromatic heterocycles. The summed E-state index contributed by atoms with van der Waals surface area (Å²) in [5.41, 5.74) is 2.78. The number of carbonyl (C=O) groups is 5. The largest absolute Gasteiger partial charge is 0.496 e. The van der Waals surface area contributed by atoms with Crippen LogP contribution in [-0.2, 0) is 46.4 Å². The van der Waals surface area contributed by atoms with Crippen LogP contribution >= 0.6 is 0 Å². The van der Waals surface area contributed by atoms with E-state index in [9.17, 15) is 29.1 Å². The minimum Gasteiger partial charge on any atom is -0.496 e. The topological polar surface area (TPSA) is 187 Å². The molecule has 4 N–H and O–H groups in total. The van der Waals surface area contributed by atoms with Crippen LogP contribution in [0.2, 0.25) is 0 Å². The second kappa shape index (κ2) is 22.5. The van der Waals surface area contributed by atoms with Gasteiger partial charge in [-0.25, -0.2) is 4.79 Å². The Morgan fingerprint density at radius 3 is 2.20 bits per heavy atom. The highest BCUT2D eigenvalue weighted by Crippen LogP contribution is 2.44. The lowest BCUT2D eigenvalue weighted by Crippen LogP contribution is -2.51. The molecule has 2 aliphatic heterocycles. The first-order valence-electron chi connectivity index (χ1n) is 20.2. The van der Waals surface area contributed by atoms with E-state index in [1.165, 1.54) is 11.6 Å². The number of hydrogen-bond donors (Lipinski definition) is 4. The second-order valence-electron chi connectivity index (χ2n) is 16.7. The molecule has 0 radical (unpaired) electrons. The number of piperazine rings is 1. The van der Waals surface area contributed by atoms with Gasteiger partial charge in [0.2, 0.25) is 11.8 Å². The Labute approximate surface area is 349 Å². The molecular weight excluding hydrogens is 757 g/mol. The molecule has 2 saturated heterocycles. The number of aryl methyl sites for hydroxylation is 1. The van der Waals surface area contributed by atoms with E-state index < -0.39 is 47.3 Å². The van der Waals surface area contributed by atoms with Gasteiger partial charge in [0.15, 0.2) is 6.10 Å². The lowest BCUT2D eigenvalue weighted by Gasteiger charge is -2.33. The van der Waals surface area contributed by atoms with Crippen LogP contribution in [0.5, 0.6) is 5.75 Å². The van der Waals surface area contributed by atoms with Crippen molar-refractivity contribution in [1.82, 2.24) is 20.4 Å². The summed E-state index contributed by atoms with van der Waals surface area (Å²) >= 11 is 0. The number of allylic oxidation sites excluding steroid dienone is 1. The van der Waals surface area contributed by atoms with Crippen molar-refractivity contribution in [1.29, 1.82) is 0 Å². The summed E-state index contributed by atoms with van der Waals surface area (Å²) in [5, 5.41) is 24.2. The van der Waals surface area contributed by atoms with Crippen molar-refractivity contribution < 1.29 is 48.4 Å². The molecule has 326 valence electrons. The molecule has 0 bridgehead atoms. The number of ether oxygens (including phenoxy) is 3. The van der Waals surface area contributed by atoms with E-state index >= 15 is 0 Å². The number of hydrogen-bond acceptors (Lipinski definition) is 10. The third-order valence-corrected chi connectivity index (χ3v) is 10.7. The van der Waals surface area contributed by atoms with Crippen molar-refractivity contribution in [2.75, 3.05) is 46.4 Å². The van der Waals surface area contributed by atoms with E-state index in [0.717, 1.165) is 55.8 Å². The van der Waals surface area contributed by atoms with Crippen molar-refractivity contribution in [3.8, 4) is 5.75 Å². The maximum absolute atomic E-state index is 13.6. The zero-order valence-corrected chi connectivity index (χ0v) is 35.0. The number of nitrogens with zero attached hydrogens (tertiary/aromatic N) is 2. The maximum Gasteiger partial charge on any atom is 0.345 e. The first kappa shape index (κ1) is 48.6. The zero-order chi connectivity index (χ0) is 42.6. The fraction of sp³-hybridized carbons (Fsp3) is 0.578. The van der Waals surface area contributed by atoms with E-state index in [-0.39, 0.29) is 57.4 Å². The van der Waals surface area contributed by atoms with E-state index in [0.29, 0.717) is 12.2 Å². The van der Waals surface area contributed by atoms with Gasteiger partial charge in [-0.2, -0.15) is 0 Å². The fourth-order valence-corrected chi connectivity index (χ4v) is 7.06. The number of carboxylic acids is 2. The molecule has 2 fully saturated rings. The Bertz CT molecular complexity index is 1750. The molecule has 2 heterocycles. The highest BCUT2D eigenvalue weighted by molar-refractivity contribution is 5.93. The number of carbonyl (C=O) groups excluding carboxylic acids is 3. The molecule has 2 aromatic carbocycles. The number of esters is 1. The number of methoxy groups -OCH3 is 1. The molecule has 0 aliphatic carbocycles. The number of benzene rings is 2. The van der Waals surface area contributed by atoms with Gasteiger partial charge in [-0.15, -0.1) is 0 Å². The van der Waals surface area contributed by atoms with Crippen LogP contribution in [0, 0.1) is 24.2 Å². The number of rotatable bonds is 22. The smallest absolute Gasteiger partial charge is 0.345 e. The van der Waals surface area contributed by atoms with Crippen LogP contribution in [-0.4, -0.2) is 114 Å². The molecule has 2 amide bonds. The predicted molar refractivity (Wildman–Crippen MR) is 225 cm³/mol. The van der Waals surface area contributed by atoms with Crippen molar-refractivity contribution in [3.63, 3.8) is 0 Å². The first-order valence-corrected chi connectivity index (χ1v) is 20.2. The number of epoxide rings is 1. The lowest BCUT2D eigenvalue weighted by molar-refractivity contribution is -0.171. The average Bonchev–Trinajstić information content (AvgIpc) is 3.97. The Morgan fingerprint density at radius 1 is 0.966 bits per heavy atom. The summed E-state index contributed by atoms with van der Waals surface area (Å²) < 4.78 is 16.8. The minimum atomic E-state index is -1.29. The predicted octanol–water partition coefficient (Wildman–Crippen LogP) is 5.17. The molecule has 4 rings (SSSR count). The minimum absolute atomic E-state index is 0. The Hall–Kier alpha value is -4.79. The molecule has 5 atom stereocenters. The summed E-state index contributed by atoms with van der Waals surface area (Å²) in [5.74, 6) is -2.75. The van der Waals surface area contributed by atoms with Gasteiger partial charge >= 0.3 is 17.9 Å². The van der Waals surface area contributed by atoms with Gasteiger partial charge in [0.1, 0.15) is 17.9 Å². The molecule has 59 heavy (non-hydrogen) atoms. The monoisotopic (exact) mass is 822 g/mol. The molecule has 2 aromatic rings. The SMILES string of the molecule is C.COc1ccc(C[C@@H](NC(=O)/C=C/CC[C@H](C)C2OC2c2ccc(CN3CCN(CC(=O)O)CC3)cc2)C(=O)NCC(C)(C)C(=O)O[C@@H](CC(C)C)C(=O)O)cc1C. The van der Waals surface area contributed by atoms with Crippen molar-refractivity contribution in [2.24, 2.45) is 17.3 Å². The zero-order valence-electron chi connectivity index (χ0n) is 35.0. The molecule has 14 heteroatoms. The number of aliphatic carboxylic acids is 2. The first-order chi connectivity index (χ1) is 27.4. The molecule has 14 nitrogen and oxygen atoms in total. The molecule has 2 aliphatic rings. The summed E-state index contributed by atoms with van der Waals surface area (Å²) in [6, 6.07) is 13.1. The van der Waals surface area contributed by atoms with Crippen LogP contribution in [0.4, 0.5) is 0 Å². The van der Waals surface area contributed by atoms with Gasteiger partial charge in [-0.05, 0) is 86.3 Å². The van der Waals surface area contributed by atoms with Gasteiger partial charge in [0, 0.05) is 45.7 Å². The van der Waals surface area contributed by atoms with Crippen LogP contribution < -0.4 is 15.4 Å². The van der Waals surface area contributed by atoms with Crippen molar-refractivity contribution >= 4 is 29.7 Å². The highest BCUT2D eigenvalue weighted by Gasteiger charge is 2.43. The summed E-state index contributed by atoms with van der Waals surface area (Å²) in [6.07, 6.45) is 3.83. The summed E-state index contributed by atoms with van der Waals surface area (Å²) in [7, 11) is 1.58. The molecule has 0 spiro atoms. The molecule has 2 unspecified atom stereocenters. The third kappa shape index (κ3) is 15.4. The van der Waals surface area contributed by atoms with E-state index in [1.807, 2.05) is 37.8 Å². The summed E-state index contributed by atoms with van der Waals surface area (Å²) in [6.45, 7) is 14.8.